The zero-order valence-electron chi connectivity index (χ0n) is 13.2. The van der Waals surface area contributed by atoms with E-state index in [2.05, 4.69) is 39.9 Å². The van der Waals surface area contributed by atoms with Crippen LogP contribution in [0.1, 0.15) is 68.7 Å². The molecule has 0 radical (unpaired) electrons. The Morgan fingerprint density at radius 3 is 1.65 bits per heavy atom. The molecule has 0 bridgehead atoms. The van der Waals surface area contributed by atoms with Gasteiger partial charge in [0, 0.05) is 11.0 Å². The molecule has 0 saturated carbocycles. The van der Waals surface area contributed by atoms with E-state index < -0.39 is 5.54 Å². The Morgan fingerprint density at radius 2 is 1.41 bits per heavy atom. The molecule has 0 aromatic rings. The lowest BCUT2D eigenvalue weighted by molar-refractivity contribution is -0.134. The Morgan fingerprint density at radius 1 is 1.00 bits per heavy atom. The summed E-state index contributed by atoms with van der Waals surface area (Å²) >= 11 is 0. The Balaban J connectivity index is 5.18. The van der Waals surface area contributed by atoms with E-state index in [4.69, 9.17) is 0 Å². The second kappa shape index (κ2) is 5.09. The van der Waals surface area contributed by atoms with E-state index in [0.29, 0.717) is 11.7 Å². The highest BCUT2D eigenvalue weighted by atomic mass is 16.1. The fourth-order valence-corrected chi connectivity index (χ4v) is 2.67. The van der Waals surface area contributed by atoms with Crippen LogP contribution >= 0.6 is 0 Å². The summed E-state index contributed by atoms with van der Waals surface area (Å²) in [5.41, 5.74) is -0.795. The molecule has 102 valence electrons. The van der Waals surface area contributed by atoms with Gasteiger partial charge in [-0.15, -0.1) is 0 Å². The lowest BCUT2D eigenvalue weighted by Crippen LogP contribution is -2.60. The molecule has 0 amide bonds. The van der Waals surface area contributed by atoms with Gasteiger partial charge in [0.2, 0.25) is 0 Å². The molecular formula is C15H31NO. The van der Waals surface area contributed by atoms with Crippen molar-refractivity contribution < 1.29 is 4.79 Å². The van der Waals surface area contributed by atoms with Crippen LogP contribution < -0.4 is 5.32 Å². The van der Waals surface area contributed by atoms with Crippen LogP contribution in [0.15, 0.2) is 0 Å². The second-order valence-electron chi connectivity index (χ2n) is 7.88. The standard InChI is InChI=1S/C15H31NO/c1-11(2)10-15(9,16-14(6,7)8)12(17)13(3,4)5/h11,16H,10H2,1-9H3. The summed E-state index contributed by atoms with van der Waals surface area (Å²) in [5.74, 6) is 0.801. The third-order valence-corrected chi connectivity index (χ3v) is 2.65. The topological polar surface area (TPSA) is 29.1 Å². The molecule has 1 atom stereocenters. The molecule has 2 nitrogen and oxygen atoms in total. The molecule has 17 heavy (non-hydrogen) atoms. The Hall–Kier alpha value is -0.370. The van der Waals surface area contributed by atoms with E-state index in [1.807, 2.05) is 27.7 Å². The Labute approximate surface area is 108 Å². The molecule has 0 heterocycles. The first kappa shape index (κ1) is 16.6. The number of Topliss-reactive ketones (excluding diaryl/α,β-unsaturated/α-hetero) is 1. The molecule has 0 saturated heterocycles. The second-order valence-corrected chi connectivity index (χ2v) is 7.88. The number of carbonyl (C=O) groups excluding carboxylic acids is 1. The van der Waals surface area contributed by atoms with Crippen LogP contribution in [-0.2, 0) is 4.79 Å². The zero-order valence-corrected chi connectivity index (χ0v) is 13.2. The lowest BCUT2D eigenvalue weighted by atomic mass is 9.74. The van der Waals surface area contributed by atoms with Gasteiger partial charge < -0.3 is 5.32 Å². The van der Waals surface area contributed by atoms with Gasteiger partial charge in [0.05, 0.1) is 5.54 Å². The highest BCUT2D eigenvalue weighted by molar-refractivity contribution is 5.92. The predicted octanol–water partition coefficient (Wildman–Crippen LogP) is 3.79. The third-order valence-electron chi connectivity index (χ3n) is 2.65. The Bertz CT molecular complexity index is 268. The number of hydrogen-bond acceptors (Lipinski definition) is 2. The number of nitrogens with one attached hydrogen (secondary N) is 1. The maximum atomic E-state index is 12.6. The van der Waals surface area contributed by atoms with Gasteiger partial charge in [-0.05, 0) is 40.0 Å². The van der Waals surface area contributed by atoms with Gasteiger partial charge in [-0.3, -0.25) is 4.79 Å². The van der Waals surface area contributed by atoms with Crippen molar-refractivity contribution in [2.75, 3.05) is 0 Å². The van der Waals surface area contributed by atoms with Crippen molar-refractivity contribution in [3.8, 4) is 0 Å². The minimum absolute atomic E-state index is 0.0510. The average molecular weight is 241 g/mol. The molecule has 0 aliphatic heterocycles. The molecule has 2 heteroatoms. The van der Waals surface area contributed by atoms with Crippen LogP contribution in [0.2, 0.25) is 0 Å². The fraction of sp³-hybridized carbons (Fsp3) is 0.933. The maximum absolute atomic E-state index is 12.6. The summed E-state index contributed by atoms with van der Waals surface area (Å²) in [6.45, 7) is 18.7. The lowest BCUT2D eigenvalue weighted by Gasteiger charge is -2.41. The van der Waals surface area contributed by atoms with Crippen LogP contribution in [0.3, 0.4) is 0 Å². The fourth-order valence-electron chi connectivity index (χ4n) is 2.67. The number of ketones is 1. The Kier molecular flexibility index (Phi) is 4.98. The van der Waals surface area contributed by atoms with Crippen molar-refractivity contribution in [2.45, 2.75) is 79.8 Å². The largest absolute Gasteiger partial charge is 0.300 e. The molecular weight excluding hydrogens is 210 g/mol. The van der Waals surface area contributed by atoms with Crippen molar-refractivity contribution >= 4 is 5.78 Å². The monoisotopic (exact) mass is 241 g/mol. The first-order chi connectivity index (χ1) is 7.28. The van der Waals surface area contributed by atoms with Crippen LogP contribution in [0.5, 0.6) is 0 Å². The van der Waals surface area contributed by atoms with Crippen molar-refractivity contribution in [2.24, 2.45) is 11.3 Å². The normalized spacial score (nSPS) is 17.1. The summed E-state index contributed by atoms with van der Waals surface area (Å²) in [4.78, 5) is 12.6. The molecule has 1 N–H and O–H groups in total. The van der Waals surface area contributed by atoms with E-state index in [1.54, 1.807) is 0 Å². The van der Waals surface area contributed by atoms with Crippen molar-refractivity contribution in [3.05, 3.63) is 0 Å². The van der Waals surface area contributed by atoms with Gasteiger partial charge in [0.15, 0.2) is 5.78 Å². The summed E-state index contributed by atoms with van der Waals surface area (Å²) < 4.78 is 0. The minimum Gasteiger partial charge on any atom is -0.300 e. The summed E-state index contributed by atoms with van der Waals surface area (Å²) in [5, 5.41) is 3.52. The van der Waals surface area contributed by atoms with Gasteiger partial charge in [0.25, 0.3) is 0 Å². The molecule has 0 fully saturated rings. The molecule has 0 aromatic carbocycles. The van der Waals surface area contributed by atoms with E-state index in [9.17, 15) is 4.79 Å². The van der Waals surface area contributed by atoms with E-state index in [-0.39, 0.29) is 11.0 Å². The van der Waals surface area contributed by atoms with Crippen LogP contribution in [0.4, 0.5) is 0 Å². The third kappa shape index (κ3) is 5.67. The number of carbonyl (C=O) groups is 1. The SMILES string of the molecule is CC(C)CC(C)(NC(C)(C)C)C(=O)C(C)(C)C. The van der Waals surface area contributed by atoms with Gasteiger partial charge >= 0.3 is 0 Å². The van der Waals surface area contributed by atoms with Crippen LogP contribution in [0, 0.1) is 11.3 Å². The first-order valence-corrected chi connectivity index (χ1v) is 6.62. The smallest absolute Gasteiger partial charge is 0.157 e. The first-order valence-electron chi connectivity index (χ1n) is 6.62. The minimum atomic E-state index is -0.440. The predicted molar refractivity (Wildman–Crippen MR) is 75.2 cm³/mol. The highest BCUT2D eigenvalue weighted by Gasteiger charge is 2.41. The van der Waals surface area contributed by atoms with Gasteiger partial charge in [-0.25, -0.2) is 0 Å². The summed E-state index contributed by atoms with van der Waals surface area (Å²) in [6, 6.07) is 0. The molecule has 0 rings (SSSR count). The van der Waals surface area contributed by atoms with Crippen molar-refractivity contribution in [3.63, 3.8) is 0 Å². The van der Waals surface area contributed by atoms with Crippen LogP contribution in [0.25, 0.3) is 0 Å². The van der Waals surface area contributed by atoms with E-state index >= 15 is 0 Å². The van der Waals surface area contributed by atoms with Gasteiger partial charge in [-0.1, -0.05) is 34.6 Å². The summed E-state index contributed by atoms with van der Waals surface area (Å²) in [7, 11) is 0. The van der Waals surface area contributed by atoms with E-state index in [1.165, 1.54) is 0 Å². The maximum Gasteiger partial charge on any atom is 0.157 e. The molecule has 0 spiro atoms. The highest BCUT2D eigenvalue weighted by Crippen LogP contribution is 2.29. The number of hydrogen-bond donors (Lipinski definition) is 1. The van der Waals surface area contributed by atoms with Crippen LogP contribution in [-0.4, -0.2) is 16.9 Å². The zero-order chi connectivity index (χ0) is 14.1. The molecule has 1 unspecified atom stereocenters. The van der Waals surface area contributed by atoms with Crippen molar-refractivity contribution in [1.29, 1.82) is 0 Å². The van der Waals surface area contributed by atoms with E-state index in [0.717, 1.165) is 6.42 Å². The quantitative estimate of drug-likeness (QED) is 0.811. The molecule has 0 aromatic heterocycles. The van der Waals surface area contributed by atoms with Gasteiger partial charge in [0.1, 0.15) is 0 Å². The summed E-state index contributed by atoms with van der Waals surface area (Å²) in [6.07, 6.45) is 0.875. The van der Waals surface area contributed by atoms with Crippen molar-refractivity contribution in [1.82, 2.24) is 5.32 Å². The van der Waals surface area contributed by atoms with Gasteiger partial charge in [-0.2, -0.15) is 0 Å². The number of rotatable bonds is 4. The average Bonchev–Trinajstić information content (AvgIpc) is 1.95. The molecule has 0 aliphatic rings. The molecule has 0 aliphatic carbocycles.